The smallest absolute Gasteiger partial charge is 0.146 e. The normalized spacial score (nSPS) is 15.6. The van der Waals surface area contributed by atoms with Gasteiger partial charge in [-0.15, -0.1) is 11.3 Å². The molecule has 0 bridgehead atoms. The first kappa shape index (κ1) is 18.3. The number of morpholine rings is 1. The quantitative estimate of drug-likeness (QED) is 0.672. The number of fused-ring (bicyclic) bond motifs is 1. The molecular formula is C19H26N6OS. The molecule has 0 saturated carbocycles. The first-order chi connectivity index (χ1) is 13.0. The fourth-order valence-corrected chi connectivity index (χ4v) is 4.52. The molecule has 7 nitrogen and oxygen atoms in total. The number of aryl methyl sites for hydroxylation is 3. The van der Waals surface area contributed by atoms with E-state index in [1.54, 1.807) is 11.3 Å². The SMILES string of the molecule is Cc1sc2nc(CN3CCOCC3)nc(N(C)Cc3cnn(C)c3)c2c1C. The van der Waals surface area contributed by atoms with Gasteiger partial charge < -0.3 is 9.64 Å². The highest BCUT2D eigenvalue weighted by molar-refractivity contribution is 7.18. The van der Waals surface area contributed by atoms with Gasteiger partial charge in [0.05, 0.1) is 31.3 Å². The van der Waals surface area contributed by atoms with Crippen LogP contribution in [-0.4, -0.2) is 58.0 Å². The van der Waals surface area contributed by atoms with Crippen LogP contribution in [-0.2, 0) is 24.9 Å². The predicted molar refractivity (Wildman–Crippen MR) is 108 cm³/mol. The van der Waals surface area contributed by atoms with E-state index in [4.69, 9.17) is 14.7 Å². The van der Waals surface area contributed by atoms with Crippen molar-refractivity contribution in [1.82, 2.24) is 24.6 Å². The van der Waals surface area contributed by atoms with Crippen LogP contribution >= 0.6 is 11.3 Å². The Morgan fingerprint density at radius 2 is 2.00 bits per heavy atom. The third kappa shape index (κ3) is 3.83. The molecule has 1 aliphatic rings. The van der Waals surface area contributed by atoms with Crippen molar-refractivity contribution in [2.45, 2.75) is 26.9 Å². The lowest BCUT2D eigenvalue weighted by Crippen LogP contribution is -2.36. The molecule has 0 atom stereocenters. The maximum atomic E-state index is 5.46. The summed E-state index contributed by atoms with van der Waals surface area (Å²) in [5.74, 6) is 1.90. The molecule has 0 spiro atoms. The number of thiophene rings is 1. The zero-order valence-electron chi connectivity index (χ0n) is 16.4. The van der Waals surface area contributed by atoms with Crippen LogP contribution in [0.15, 0.2) is 12.4 Å². The molecule has 0 radical (unpaired) electrons. The molecule has 0 aromatic carbocycles. The van der Waals surface area contributed by atoms with Crippen molar-refractivity contribution in [1.29, 1.82) is 0 Å². The summed E-state index contributed by atoms with van der Waals surface area (Å²) in [7, 11) is 4.04. The Morgan fingerprint density at radius 3 is 2.70 bits per heavy atom. The number of anilines is 1. The van der Waals surface area contributed by atoms with Crippen molar-refractivity contribution in [2.75, 3.05) is 38.3 Å². The summed E-state index contributed by atoms with van der Waals surface area (Å²) in [6.45, 7) is 9.30. The van der Waals surface area contributed by atoms with Crippen molar-refractivity contribution in [3.63, 3.8) is 0 Å². The third-order valence-corrected chi connectivity index (χ3v) is 6.17. The number of hydrogen-bond acceptors (Lipinski definition) is 7. The molecule has 27 heavy (non-hydrogen) atoms. The summed E-state index contributed by atoms with van der Waals surface area (Å²) in [5.41, 5.74) is 2.45. The van der Waals surface area contributed by atoms with E-state index >= 15 is 0 Å². The van der Waals surface area contributed by atoms with Gasteiger partial charge in [0.25, 0.3) is 0 Å². The van der Waals surface area contributed by atoms with Crippen molar-refractivity contribution in [3.8, 4) is 0 Å². The number of nitrogens with zero attached hydrogens (tertiary/aromatic N) is 6. The Balaban J connectivity index is 1.69. The number of rotatable bonds is 5. The van der Waals surface area contributed by atoms with E-state index in [0.717, 1.165) is 55.9 Å². The van der Waals surface area contributed by atoms with E-state index in [9.17, 15) is 0 Å². The molecule has 3 aromatic heterocycles. The Bertz CT molecular complexity index is 943. The molecule has 0 unspecified atom stereocenters. The zero-order chi connectivity index (χ0) is 19.0. The summed E-state index contributed by atoms with van der Waals surface area (Å²) < 4.78 is 7.30. The molecule has 8 heteroatoms. The van der Waals surface area contributed by atoms with Gasteiger partial charge in [-0.25, -0.2) is 9.97 Å². The van der Waals surface area contributed by atoms with Crippen LogP contribution in [0.5, 0.6) is 0 Å². The molecule has 0 amide bonds. The second-order valence-electron chi connectivity index (χ2n) is 7.19. The molecule has 1 aliphatic heterocycles. The van der Waals surface area contributed by atoms with Gasteiger partial charge in [-0.3, -0.25) is 9.58 Å². The van der Waals surface area contributed by atoms with Crippen LogP contribution in [0.1, 0.15) is 21.8 Å². The zero-order valence-corrected chi connectivity index (χ0v) is 17.2. The summed E-state index contributed by atoms with van der Waals surface area (Å²) in [5, 5.41) is 5.46. The van der Waals surface area contributed by atoms with Crippen LogP contribution in [0.4, 0.5) is 5.82 Å². The van der Waals surface area contributed by atoms with Crippen molar-refractivity contribution < 1.29 is 4.74 Å². The molecule has 0 N–H and O–H groups in total. The first-order valence-corrected chi connectivity index (χ1v) is 10.1. The largest absolute Gasteiger partial charge is 0.379 e. The van der Waals surface area contributed by atoms with E-state index in [2.05, 4.69) is 42.0 Å². The van der Waals surface area contributed by atoms with Crippen molar-refractivity contribution in [2.24, 2.45) is 7.05 Å². The van der Waals surface area contributed by atoms with Gasteiger partial charge in [0, 0.05) is 50.4 Å². The Morgan fingerprint density at radius 1 is 1.22 bits per heavy atom. The minimum atomic E-state index is 0.767. The Labute approximate surface area is 163 Å². The molecule has 0 aliphatic carbocycles. The Kier molecular flexibility index (Phi) is 5.12. The lowest BCUT2D eigenvalue weighted by atomic mass is 10.2. The highest BCUT2D eigenvalue weighted by atomic mass is 32.1. The monoisotopic (exact) mass is 386 g/mol. The minimum Gasteiger partial charge on any atom is -0.379 e. The fraction of sp³-hybridized carbons (Fsp3) is 0.526. The van der Waals surface area contributed by atoms with Gasteiger partial charge in [-0.05, 0) is 19.4 Å². The number of aromatic nitrogens is 4. The van der Waals surface area contributed by atoms with Crippen LogP contribution in [0, 0.1) is 13.8 Å². The highest BCUT2D eigenvalue weighted by Gasteiger charge is 2.20. The minimum absolute atomic E-state index is 0.767. The molecular weight excluding hydrogens is 360 g/mol. The van der Waals surface area contributed by atoms with E-state index in [1.165, 1.54) is 21.4 Å². The van der Waals surface area contributed by atoms with Crippen LogP contribution in [0.2, 0.25) is 0 Å². The van der Waals surface area contributed by atoms with Gasteiger partial charge in [0.1, 0.15) is 16.5 Å². The molecule has 4 rings (SSSR count). The lowest BCUT2D eigenvalue weighted by Gasteiger charge is -2.26. The maximum absolute atomic E-state index is 5.46. The average Bonchev–Trinajstić information content (AvgIpc) is 3.18. The second kappa shape index (κ2) is 7.53. The summed E-state index contributed by atoms with van der Waals surface area (Å²) in [6.07, 6.45) is 3.96. The van der Waals surface area contributed by atoms with Crippen LogP contribution < -0.4 is 4.90 Å². The van der Waals surface area contributed by atoms with Gasteiger partial charge in [-0.1, -0.05) is 0 Å². The van der Waals surface area contributed by atoms with Gasteiger partial charge in [-0.2, -0.15) is 5.10 Å². The van der Waals surface area contributed by atoms with Crippen molar-refractivity contribution in [3.05, 3.63) is 34.2 Å². The Hall–Kier alpha value is -2.03. The average molecular weight is 387 g/mol. The molecule has 144 valence electrons. The fourth-order valence-electron chi connectivity index (χ4n) is 3.48. The summed E-state index contributed by atoms with van der Waals surface area (Å²) in [4.78, 5) is 16.8. The standard InChI is InChI=1S/C19H26N6OS/c1-13-14(2)27-19-17(13)18(23(3)10-15-9-20-24(4)11-15)21-16(22-19)12-25-5-7-26-8-6-25/h9,11H,5-8,10,12H2,1-4H3. The van der Waals surface area contributed by atoms with Gasteiger partial charge >= 0.3 is 0 Å². The van der Waals surface area contributed by atoms with Gasteiger partial charge in [0.2, 0.25) is 0 Å². The molecule has 3 aromatic rings. The first-order valence-electron chi connectivity index (χ1n) is 9.26. The topological polar surface area (TPSA) is 59.3 Å². The van der Waals surface area contributed by atoms with Crippen molar-refractivity contribution >= 4 is 27.4 Å². The third-order valence-electron chi connectivity index (χ3n) is 5.06. The molecule has 1 saturated heterocycles. The molecule has 1 fully saturated rings. The van der Waals surface area contributed by atoms with E-state index in [1.807, 2.05) is 17.9 Å². The predicted octanol–water partition coefficient (Wildman–Crippen LogP) is 2.51. The number of hydrogen-bond donors (Lipinski definition) is 0. The molecule has 4 heterocycles. The lowest BCUT2D eigenvalue weighted by molar-refractivity contribution is 0.0331. The summed E-state index contributed by atoms with van der Waals surface area (Å²) in [6, 6.07) is 0. The van der Waals surface area contributed by atoms with E-state index < -0.39 is 0 Å². The maximum Gasteiger partial charge on any atom is 0.146 e. The second-order valence-corrected chi connectivity index (χ2v) is 8.40. The van der Waals surface area contributed by atoms with E-state index in [-0.39, 0.29) is 0 Å². The number of ether oxygens (including phenoxy) is 1. The summed E-state index contributed by atoms with van der Waals surface area (Å²) >= 11 is 1.76. The van der Waals surface area contributed by atoms with E-state index in [0.29, 0.717) is 0 Å². The van der Waals surface area contributed by atoms with Crippen LogP contribution in [0.3, 0.4) is 0 Å². The van der Waals surface area contributed by atoms with Gasteiger partial charge in [0.15, 0.2) is 0 Å². The highest BCUT2D eigenvalue weighted by Crippen LogP contribution is 2.35. The van der Waals surface area contributed by atoms with Crippen LogP contribution in [0.25, 0.3) is 10.2 Å².